The van der Waals surface area contributed by atoms with Crippen LogP contribution in [0.15, 0.2) is 35.7 Å². The third kappa shape index (κ3) is 4.89. The first-order valence-electron chi connectivity index (χ1n) is 8.66. The van der Waals surface area contributed by atoms with Crippen LogP contribution in [0.2, 0.25) is 0 Å². The number of likely N-dealkylation sites (tertiary alicyclic amines) is 1. The monoisotopic (exact) mass is 343 g/mol. The lowest BCUT2D eigenvalue weighted by Crippen LogP contribution is -2.40. The normalized spacial score (nSPS) is 16.2. The van der Waals surface area contributed by atoms with Crippen LogP contribution in [0.3, 0.4) is 0 Å². The molecule has 0 unspecified atom stereocenters. The number of aryl methyl sites for hydroxylation is 1. The van der Waals surface area contributed by atoms with Crippen LogP contribution in [0, 0.1) is 12.8 Å². The molecule has 5 heteroatoms. The largest absolute Gasteiger partial charge is 0.355 e. The Morgan fingerprint density at radius 2 is 2.04 bits per heavy atom. The van der Waals surface area contributed by atoms with Gasteiger partial charge in [0.15, 0.2) is 0 Å². The fraction of sp³-hybridized carbons (Fsp3) is 0.474. The lowest BCUT2D eigenvalue weighted by Gasteiger charge is -2.31. The van der Waals surface area contributed by atoms with Gasteiger partial charge < -0.3 is 5.32 Å². The molecule has 1 aromatic carbocycles. The first-order valence-corrected chi connectivity index (χ1v) is 9.53. The Labute approximate surface area is 147 Å². The maximum atomic E-state index is 12.3. The van der Waals surface area contributed by atoms with Crippen LogP contribution >= 0.6 is 11.3 Å². The number of rotatable bonds is 6. The third-order valence-electron chi connectivity index (χ3n) is 4.51. The minimum atomic E-state index is 0.162. The maximum Gasteiger partial charge on any atom is 0.223 e. The van der Waals surface area contributed by atoms with Crippen molar-refractivity contribution in [2.45, 2.75) is 32.7 Å². The molecule has 0 spiro atoms. The second-order valence-corrected chi connectivity index (χ2v) is 7.40. The van der Waals surface area contributed by atoms with Crippen molar-refractivity contribution in [3.8, 4) is 0 Å². The minimum Gasteiger partial charge on any atom is -0.355 e. The van der Waals surface area contributed by atoms with Crippen molar-refractivity contribution in [3.05, 3.63) is 52.0 Å². The van der Waals surface area contributed by atoms with Crippen molar-refractivity contribution >= 4 is 17.2 Å². The number of nitrogens with zero attached hydrogens (tertiary/aromatic N) is 2. The third-order valence-corrected chi connectivity index (χ3v) is 5.54. The Hall–Kier alpha value is -1.72. The Morgan fingerprint density at radius 3 is 2.71 bits per heavy atom. The topological polar surface area (TPSA) is 45.2 Å². The summed E-state index contributed by atoms with van der Waals surface area (Å²) in [4.78, 5) is 19.2. The first kappa shape index (κ1) is 17.1. The highest BCUT2D eigenvalue weighted by Gasteiger charge is 2.24. The predicted octanol–water partition coefficient (Wildman–Crippen LogP) is 3.02. The highest BCUT2D eigenvalue weighted by Crippen LogP contribution is 2.19. The number of aromatic nitrogens is 1. The summed E-state index contributed by atoms with van der Waals surface area (Å²) in [5.41, 5.74) is 2.41. The molecule has 0 atom stereocenters. The van der Waals surface area contributed by atoms with Gasteiger partial charge in [0.05, 0.1) is 5.01 Å². The molecule has 2 aromatic rings. The molecule has 0 saturated carbocycles. The Bertz CT molecular complexity index is 648. The fourth-order valence-electron chi connectivity index (χ4n) is 3.15. The van der Waals surface area contributed by atoms with Crippen LogP contribution in [0.1, 0.15) is 29.1 Å². The van der Waals surface area contributed by atoms with Crippen molar-refractivity contribution in [2.24, 2.45) is 5.92 Å². The van der Waals surface area contributed by atoms with Crippen LogP contribution in [-0.2, 0) is 17.8 Å². The summed E-state index contributed by atoms with van der Waals surface area (Å²) in [6.45, 7) is 5.67. The summed E-state index contributed by atoms with van der Waals surface area (Å²) >= 11 is 1.67. The number of piperidine rings is 1. The van der Waals surface area contributed by atoms with Gasteiger partial charge in [-0.05, 0) is 38.4 Å². The number of amides is 1. The molecule has 1 amide bonds. The predicted molar refractivity (Wildman–Crippen MR) is 98.0 cm³/mol. The molecule has 1 saturated heterocycles. The second-order valence-electron chi connectivity index (χ2n) is 6.46. The molecule has 0 aliphatic carbocycles. The summed E-state index contributed by atoms with van der Waals surface area (Å²) in [5.74, 6) is 0.373. The number of benzene rings is 1. The van der Waals surface area contributed by atoms with Crippen LogP contribution in [0.25, 0.3) is 0 Å². The number of nitrogens with one attached hydrogen (secondary N) is 1. The van der Waals surface area contributed by atoms with E-state index in [2.05, 4.69) is 44.8 Å². The Kier molecular flexibility index (Phi) is 5.99. The van der Waals surface area contributed by atoms with E-state index >= 15 is 0 Å². The molecule has 1 aliphatic heterocycles. The van der Waals surface area contributed by atoms with Gasteiger partial charge in [-0.2, -0.15) is 0 Å². The summed E-state index contributed by atoms with van der Waals surface area (Å²) in [6, 6.07) is 10.5. The van der Waals surface area contributed by atoms with Crippen molar-refractivity contribution in [1.82, 2.24) is 15.2 Å². The summed E-state index contributed by atoms with van der Waals surface area (Å²) in [6.07, 6.45) is 2.74. The lowest BCUT2D eigenvalue weighted by atomic mass is 9.95. The van der Waals surface area contributed by atoms with Gasteiger partial charge in [0.25, 0.3) is 0 Å². The van der Waals surface area contributed by atoms with Crippen molar-refractivity contribution < 1.29 is 4.79 Å². The number of thiazole rings is 1. The number of carbonyl (C=O) groups is 1. The number of hydrogen-bond acceptors (Lipinski definition) is 4. The quantitative estimate of drug-likeness (QED) is 0.877. The average molecular weight is 343 g/mol. The van der Waals surface area contributed by atoms with Crippen molar-refractivity contribution in [2.75, 3.05) is 19.6 Å². The van der Waals surface area contributed by atoms with E-state index in [9.17, 15) is 4.79 Å². The molecule has 128 valence electrons. The Morgan fingerprint density at radius 1 is 1.29 bits per heavy atom. The maximum absolute atomic E-state index is 12.3. The van der Waals surface area contributed by atoms with E-state index < -0.39 is 0 Å². The molecule has 2 heterocycles. The standard InChI is InChI=1S/C19H25N3OS/c1-15-14-24-18(21-15)7-10-20-19(23)17-8-11-22(12-9-17)13-16-5-3-2-4-6-16/h2-6,14,17H,7-13H2,1H3,(H,20,23). The van der Waals surface area contributed by atoms with Crippen LogP contribution in [0.4, 0.5) is 0 Å². The fourth-order valence-corrected chi connectivity index (χ4v) is 3.93. The van der Waals surface area contributed by atoms with Gasteiger partial charge in [-0.25, -0.2) is 4.98 Å². The van der Waals surface area contributed by atoms with E-state index in [0.29, 0.717) is 6.54 Å². The average Bonchev–Trinajstić information content (AvgIpc) is 3.02. The van der Waals surface area contributed by atoms with Gasteiger partial charge in [0.2, 0.25) is 5.91 Å². The van der Waals surface area contributed by atoms with Gasteiger partial charge in [-0.15, -0.1) is 11.3 Å². The zero-order chi connectivity index (χ0) is 16.8. The molecule has 3 rings (SSSR count). The van der Waals surface area contributed by atoms with E-state index in [1.807, 2.05) is 13.0 Å². The molecule has 1 N–H and O–H groups in total. The molecule has 1 aliphatic rings. The molecular formula is C19H25N3OS. The van der Waals surface area contributed by atoms with E-state index in [0.717, 1.165) is 49.6 Å². The van der Waals surface area contributed by atoms with Crippen LogP contribution in [-0.4, -0.2) is 35.4 Å². The SMILES string of the molecule is Cc1csc(CCNC(=O)C2CCN(Cc3ccccc3)CC2)n1. The highest BCUT2D eigenvalue weighted by atomic mass is 32.1. The lowest BCUT2D eigenvalue weighted by molar-refractivity contribution is -0.126. The Balaban J connectivity index is 1.37. The van der Waals surface area contributed by atoms with Crippen molar-refractivity contribution in [3.63, 3.8) is 0 Å². The zero-order valence-corrected chi connectivity index (χ0v) is 15.0. The summed E-state index contributed by atoms with van der Waals surface area (Å²) in [5, 5.41) is 6.24. The first-order chi connectivity index (χ1) is 11.7. The van der Waals surface area contributed by atoms with Crippen LogP contribution in [0.5, 0.6) is 0 Å². The van der Waals surface area contributed by atoms with Crippen LogP contribution < -0.4 is 5.32 Å². The summed E-state index contributed by atoms with van der Waals surface area (Å²) < 4.78 is 0. The summed E-state index contributed by atoms with van der Waals surface area (Å²) in [7, 11) is 0. The number of hydrogen-bond donors (Lipinski definition) is 1. The highest BCUT2D eigenvalue weighted by molar-refractivity contribution is 7.09. The van der Waals surface area contributed by atoms with Gasteiger partial charge in [0.1, 0.15) is 0 Å². The van der Waals surface area contributed by atoms with Gasteiger partial charge in [-0.1, -0.05) is 30.3 Å². The van der Waals surface area contributed by atoms with Gasteiger partial charge >= 0.3 is 0 Å². The number of carbonyl (C=O) groups excluding carboxylic acids is 1. The van der Waals surface area contributed by atoms with E-state index in [-0.39, 0.29) is 11.8 Å². The van der Waals surface area contributed by atoms with E-state index in [1.54, 1.807) is 11.3 Å². The van der Waals surface area contributed by atoms with Gasteiger partial charge in [0, 0.05) is 36.5 Å². The van der Waals surface area contributed by atoms with Crippen molar-refractivity contribution in [1.29, 1.82) is 0 Å². The smallest absolute Gasteiger partial charge is 0.223 e. The van der Waals surface area contributed by atoms with E-state index in [1.165, 1.54) is 5.56 Å². The molecule has 1 fully saturated rings. The molecule has 0 radical (unpaired) electrons. The molecule has 1 aromatic heterocycles. The van der Waals surface area contributed by atoms with Gasteiger partial charge in [-0.3, -0.25) is 9.69 Å². The molecule has 0 bridgehead atoms. The molecular weight excluding hydrogens is 318 g/mol. The molecule has 4 nitrogen and oxygen atoms in total. The second kappa shape index (κ2) is 8.40. The zero-order valence-electron chi connectivity index (χ0n) is 14.2. The van der Waals surface area contributed by atoms with E-state index in [4.69, 9.17) is 0 Å². The molecule has 24 heavy (non-hydrogen) atoms. The minimum absolute atomic E-state index is 0.162.